The molecule has 0 aromatic carbocycles. The maximum Gasteiger partial charge on any atom is 0.235 e. The van der Waals surface area contributed by atoms with Gasteiger partial charge in [-0.3, -0.25) is 5.10 Å². The summed E-state index contributed by atoms with van der Waals surface area (Å²) in [5, 5.41) is 21.4. The lowest BCUT2D eigenvalue weighted by atomic mass is 9.97. The van der Waals surface area contributed by atoms with Gasteiger partial charge in [-0.05, 0) is 24.8 Å². The highest BCUT2D eigenvalue weighted by Gasteiger charge is 2.29. The Bertz CT molecular complexity index is 1030. The minimum Gasteiger partial charge on any atom is -0.282 e. The lowest BCUT2D eigenvalue weighted by Crippen LogP contribution is -2.37. The van der Waals surface area contributed by atoms with Crippen molar-refractivity contribution in [3.63, 3.8) is 0 Å². The molecule has 4 heterocycles. The van der Waals surface area contributed by atoms with Crippen molar-refractivity contribution in [2.45, 2.75) is 38.5 Å². The monoisotopic (exact) mass is 395 g/mol. The second-order valence-corrected chi connectivity index (χ2v) is 9.90. The third-order valence-electron chi connectivity index (χ3n) is 4.74. The third-order valence-corrected chi connectivity index (χ3v) is 6.97. The van der Waals surface area contributed by atoms with Crippen LogP contribution in [0.4, 0.5) is 0 Å². The summed E-state index contributed by atoms with van der Waals surface area (Å²) in [4.78, 5) is 0.731. The fraction of sp³-hybridized carbons (Fsp3) is 0.600. The van der Waals surface area contributed by atoms with Crippen molar-refractivity contribution in [2.24, 2.45) is 0 Å². The summed E-state index contributed by atoms with van der Waals surface area (Å²) in [6, 6.07) is 2.01. The molecule has 0 radical (unpaired) electrons. The standard InChI is InChI=1S/C15H21N7O2S2/c1-9(2)11-8-12(17-16-11)14-20-22-13(18-19-15(22)25-14)10-4-6-21(7-5-10)26(3,23)24/h8-10H,4-7H2,1-3H3,(H,16,17). The topological polar surface area (TPSA) is 109 Å². The number of rotatable bonds is 4. The molecule has 3 aromatic heterocycles. The van der Waals surface area contributed by atoms with Gasteiger partial charge in [0.2, 0.25) is 15.0 Å². The molecule has 140 valence electrons. The van der Waals surface area contributed by atoms with Crippen molar-refractivity contribution < 1.29 is 8.42 Å². The smallest absolute Gasteiger partial charge is 0.235 e. The Balaban J connectivity index is 1.59. The SMILES string of the molecule is CC(C)c1cc(-c2nn3c(C4CCN(S(C)(=O)=O)CC4)nnc3s2)n[nH]1. The highest BCUT2D eigenvalue weighted by atomic mass is 32.2. The number of hydrogen-bond donors (Lipinski definition) is 1. The number of piperidine rings is 1. The van der Waals surface area contributed by atoms with Crippen molar-refractivity contribution in [1.82, 2.24) is 34.3 Å². The van der Waals surface area contributed by atoms with Crippen LogP contribution >= 0.6 is 11.3 Å². The number of sulfonamides is 1. The predicted molar refractivity (Wildman–Crippen MR) is 98.7 cm³/mol. The van der Waals surface area contributed by atoms with Gasteiger partial charge in [0.25, 0.3) is 0 Å². The number of nitrogens with one attached hydrogen (secondary N) is 1. The van der Waals surface area contributed by atoms with E-state index in [9.17, 15) is 8.42 Å². The highest BCUT2D eigenvalue weighted by Crippen LogP contribution is 2.31. The average Bonchev–Trinajstić information content (AvgIpc) is 3.28. The molecule has 0 atom stereocenters. The zero-order chi connectivity index (χ0) is 18.5. The van der Waals surface area contributed by atoms with E-state index < -0.39 is 10.0 Å². The Morgan fingerprint density at radius 1 is 1.27 bits per heavy atom. The van der Waals surface area contributed by atoms with Crippen molar-refractivity contribution in [3.05, 3.63) is 17.6 Å². The van der Waals surface area contributed by atoms with Gasteiger partial charge in [-0.15, -0.1) is 10.2 Å². The molecule has 1 N–H and O–H groups in total. The van der Waals surface area contributed by atoms with Crippen LogP contribution in [0.1, 0.15) is 50.0 Å². The van der Waals surface area contributed by atoms with Crippen LogP contribution in [0.2, 0.25) is 0 Å². The molecule has 3 aromatic rings. The van der Waals surface area contributed by atoms with Gasteiger partial charge in [0, 0.05) is 24.7 Å². The molecular weight excluding hydrogens is 374 g/mol. The van der Waals surface area contributed by atoms with Gasteiger partial charge in [-0.1, -0.05) is 25.2 Å². The molecule has 0 bridgehead atoms. The normalized spacial score (nSPS) is 17.5. The van der Waals surface area contributed by atoms with E-state index in [1.54, 1.807) is 4.52 Å². The lowest BCUT2D eigenvalue weighted by Gasteiger charge is -2.28. The number of H-pyrrole nitrogens is 1. The average molecular weight is 396 g/mol. The van der Waals surface area contributed by atoms with Crippen LogP contribution in [0.3, 0.4) is 0 Å². The van der Waals surface area contributed by atoms with E-state index in [2.05, 4.69) is 39.3 Å². The first-order valence-corrected chi connectivity index (χ1v) is 11.2. The molecule has 1 aliphatic rings. The predicted octanol–water partition coefficient (Wildman–Crippen LogP) is 1.84. The molecule has 9 nitrogen and oxygen atoms in total. The Kier molecular flexibility index (Phi) is 4.32. The van der Waals surface area contributed by atoms with Crippen LogP contribution in [0.5, 0.6) is 0 Å². The second kappa shape index (κ2) is 6.39. The number of hydrogen-bond acceptors (Lipinski definition) is 7. The van der Waals surface area contributed by atoms with Crippen LogP contribution < -0.4 is 0 Å². The first kappa shape index (κ1) is 17.6. The Morgan fingerprint density at radius 2 is 2.00 bits per heavy atom. The molecule has 0 aliphatic carbocycles. The van der Waals surface area contributed by atoms with Crippen LogP contribution in [0, 0.1) is 0 Å². The van der Waals surface area contributed by atoms with Crippen LogP contribution in [-0.4, -0.2) is 62.1 Å². The van der Waals surface area contributed by atoms with Crippen molar-refractivity contribution in [1.29, 1.82) is 0 Å². The van der Waals surface area contributed by atoms with Crippen molar-refractivity contribution in [2.75, 3.05) is 19.3 Å². The first-order valence-electron chi connectivity index (χ1n) is 8.56. The maximum atomic E-state index is 11.7. The Labute approximate surface area is 155 Å². The van der Waals surface area contributed by atoms with Crippen LogP contribution in [0.25, 0.3) is 15.7 Å². The van der Waals surface area contributed by atoms with E-state index in [1.807, 2.05) is 6.07 Å². The largest absolute Gasteiger partial charge is 0.282 e. The van der Waals surface area contributed by atoms with E-state index >= 15 is 0 Å². The molecule has 0 spiro atoms. The minimum absolute atomic E-state index is 0.156. The summed E-state index contributed by atoms with van der Waals surface area (Å²) < 4.78 is 26.6. The minimum atomic E-state index is -3.13. The number of aromatic nitrogens is 6. The Hall–Kier alpha value is -1.85. The van der Waals surface area contributed by atoms with Crippen molar-refractivity contribution >= 4 is 26.3 Å². The highest BCUT2D eigenvalue weighted by molar-refractivity contribution is 7.88. The van der Waals surface area contributed by atoms with Gasteiger partial charge in [-0.2, -0.15) is 14.7 Å². The van der Waals surface area contributed by atoms with E-state index in [0.717, 1.165) is 40.0 Å². The number of fused-ring (bicyclic) bond motifs is 1. The fourth-order valence-corrected chi connectivity index (χ4v) is 4.86. The first-order chi connectivity index (χ1) is 12.3. The van der Waals surface area contributed by atoms with E-state index in [0.29, 0.717) is 19.0 Å². The van der Waals surface area contributed by atoms with Gasteiger partial charge in [0.05, 0.1) is 6.26 Å². The second-order valence-electron chi connectivity index (χ2n) is 6.96. The van der Waals surface area contributed by atoms with E-state index in [1.165, 1.54) is 21.9 Å². The molecule has 1 fully saturated rings. The molecule has 11 heteroatoms. The maximum absolute atomic E-state index is 11.7. The van der Waals surface area contributed by atoms with Crippen LogP contribution in [-0.2, 0) is 10.0 Å². The lowest BCUT2D eigenvalue weighted by molar-refractivity contribution is 0.313. The molecule has 0 amide bonds. The zero-order valence-corrected chi connectivity index (χ0v) is 16.5. The molecule has 0 saturated carbocycles. The Morgan fingerprint density at radius 3 is 2.62 bits per heavy atom. The zero-order valence-electron chi connectivity index (χ0n) is 14.9. The molecule has 26 heavy (non-hydrogen) atoms. The third kappa shape index (κ3) is 3.14. The molecule has 1 aliphatic heterocycles. The number of nitrogens with zero attached hydrogens (tertiary/aromatic N) is 6. The van der Waals surface area contributed by atoms with Gasteiger partial charge in [-0.25, -0.2) is 12.7 Å². The summed E-state index contributed by atoms with van der Waals surface area (Å²) in [7, 11) is -3.13. The fourth-order valence-electron chi connectivity index (χ4n) is 3.18. The van der Waals surface area contributed by atoms with Gasteiger partial charge in [0.1, 0.15) is 5.69 Å². The van der Waals surface area contributed by atoms with Gasteiger partial charge < -0.3 is 0 Å². The quantitative estimate of drug-likeness (QED) is 0.722. The molecule has 1 saturated heterocycles. The summed E-state index contributed by atoms with van der Waals surface area (Å²) >= 11 is 1.45. The van der Waals surface area contributed by atoms with Gasteiger partial charge in [0.15, 0.2) is 10.8 Å². The molecular formula is C15H21N7O2S2. The number of aromatic amines is 1. The summed E-state index contributed by atoms with van der Waals surface area (Å²) in [5.41, 5.74) is 1.88. The summed E-state index contributed by atoms with van der Waals surface area (Å²) in [6.07, 6.45) is 2.70. The molecule has 4 rings (SSSR count). The van der Waals surface area contributed by atoms with Gasteiger partial charge >= 0.3 is 0 Å². The van der Waals surface area contributed by atoms with E-state index in [-0.39, 0.29) is 5.92 Å². The van der Waals surface area contributed by atoms with Crippen molar-refractivity contribution in [3.8, 4) is 10.7 Å². The summed E-state index contributed by atoms with van der Waals surface area (Å²) in [6.45, 7) is 5.23. The molecule has 0 unspecified atom stereocenters. The van der Waals surface area contributed by atoms with Crippen LogP contribution in [0.15, 0.2) is 6.07 Å². The summed E-state index contributed by atoms with van der Waals surface area (Å²) in [5.74, 6) is 1.33. The van der Waals surface area contributed by atoms with E-state index in [4.69, 9.17) is 0 Å².